The Bertz CT molecular complexity index is 226. The van der Waals surface area contributed by atoms with Gasteiger partial charge in [0.05, 0.1) is 0 Å². The molecule has 0 bridgehead atoms. The molecule has 0 aromatic heterocycles. The normalized spacial score (nSPS) is 23.4. The minimum absolute atomic E-state index is 0.223. The van der Waals surface area contributed by atoms with Crippen LogP contribution in [0.4, 0.5) is 0 Å². The first-order chi connectivity index (χ1) is 4.45. The molecule has 1 N–H and O–H groups in total. The third kappa shape index (κ3) is 0.818. The molecule has 1 aliphatic heterocycles. The zero-order chi connectivity index (χ0) is 7.94. The molecule has 0 fully saturated rings. The lowest BCUT2D eigenvalue weighted by Gasteiger charge is -2.03. The molecular weight excluding hydrogens is 128 g/mol. The summed E-state index contributed by atoms with van der Waals surface area (Å²) in [5, 5.41) is 9.27. The van der Waals surface area contributed by atoms with Gasteiger partial charge < -0.3 is 5.21 Å². The molecule has 1 heterocycles. The van der Waals surface area contributed by atoms with Gasteiger partial charge in [-0.25, -0.2) is 0 Å². The molecule has 0 aromatic carbocycles. The van der Waals surface area contributed by atoms with E-state index in [9.17, 15) is 5.21 Å². The fourth-order valence-electron chi connectivity index (χ4n) is 1.03. The molecule has 1 rings (SSSR count). The molecule has 10 heavy (non-hydrogen) atoms. The van der Waals surface area contributed by atoms with Gasteiger partial charge in [-0.1, -0.05) is 4.99 Å². The summed E-state index contributed by atoms with van der Waals surface area (Å²) in [6.45, 7) is 7.61. The summed E-state index contributed by atoms with van der Waals surface area (Å²) in [5.41, 5.74) is 0.656. The first-order valence-corrected chi connectivity index (χ1v) is 3.34. The lowest BCUT2D eigenvalue weighted by Crippen LogP contribution is -2.27. The molecule has 0 atom stereocenters. The van der Waals surface area contributed by atoms with Gasteiger partial charge in [-0.05, 0) is 18.6 Å². The molecule has 0 aliphatic carbocycles. The summed E-state index contributed by atoms with van der Waals surface area (Å²) >= 11 is 0. The van der Waals surface area contributed by atoms with Crippen molar-refractivity contribution >= 4 is 11.5 Å². The van der Waals surface area contributed by atoms with Crippen LogP contribution in [0.5, 0.6) is 0 Å². The minimum atomic E-state index is -0.223. The smallest absolute Gasteiger partial charge is 0.329 e. The summed E-state index contributed by atoms with van der Waals surface area (Å²) in [6, 6.07) is 0. The van der Waals surface area contributed by atoms with E-state index in [1.165, 1.54) is 0 Å². The highest BCUT2D eigenvalue weighted by Gasteiger charge is 2.39. The number of hydroxylamine groups is 1. The standard InChI is InChI=1S/C7H13N2O/c1-5-7(3,4)8-6(2)9(5)10/h10H,1-4H3/q+1. The van der Waals surface area contributed by atoms with Crippen LogP contribution in [-0.2, 0) is 0 Å². The first-order valence-electron chi connectivity index (χ1n) is 3.34. The summed E-state index contributed by atoms with van der Waals surface area (Å²) in [4.78, 5) is 4.24. The molecular formula is C7H13N2O+. The van der Waals surface area contributed by atoms with E-state index < -0.39 is 0 Å². The second-order valence-corrected chi connectivity index (χ2v) is 3.12. The Morgan fingerprint density at radius 3 is 2.00 bits per heavy atom. The van der Waals surface area contributed by atoms with Crippen LogP contribution >= 0.6 is 0 Å². The van der Waals surface area contributed by atoms with E-state index in [-0.39, 0.29) is 5.54 Å². The topological polar surface area (TPSA) is 35.6 Å². The van der Waals surface area contributed by atoms with E-state index in [2.05, 4.69) is 4.99 Å². The van der Waals surface area contributed by atoms with Crippen LogP contribution < -0.4 is 0 Å². The lowest BCUT2D eigenvalue weighted by molar-refractivity contribution is -0.688. The van der Waals surface area contributed by atoms with Gasteiger partial charge in [0.15, 0.2) is 5.71 Å². The molecule has 0 saturated heterocycles. The van der Waals surface area contributed by atoms with Crippen LogP contribution in [0.1, 0.15) is 27.7 Å². The van der Waals surface area contributed by atoms with Crippen LogP contribution in [0.2, 0.25) is 0 Å². The Morgan fingerprint density at radius 2 is 1.90 bits per heavy atom. The summed E-state index contributed by atoms with van der Waals surface area (Å²) in [7, 11) is 0. The number of hydrogen-bond donors (Lipinski definition) is 1. The number of nitrogens with zero attached hydrogens (tertiary/aromatic N) is 2. The Morgan fingerprint density at radius 1 is 1.40 bits per heavy atom. The van der Waals surface area contributed by atoms with E-state index in [0.717, 1.165) is 10.5 Å². The molecule has 0 radical (unpaired) electrons. The van der Waals surface area contributed by atoms with Gasteiger partial charge in [0.25, 0.3) is 0 Å². The van der Waals surface area contributed by atoms with Gasteiger partial charge >= 0.3 is 5.84 Å². The van der Waals surface area contributed by atoms with Crippen molar-refractivity contribution in [3.8, 4) is 0 Å². The second-order valence-electron chi connectivity index (χ2n) is 3.12. The largest absolute Gasteiger partial charge is 0.350 e. The SMILES string of the molecule is CC1=NC(C)(C)C(C)=[N+]1O. The van der Waals surface area contributed by atoms with Gasteiger partial charge in [-0.15, -0.1) is 0 Å². The lowest BCUT2D eigenvalue weighted by atomic mass is 10.0. The Kier molecular flexibility index (Phi) is 1.31. The fraction of sp³-hybridized carbons (Fsp3) is 0.714. The maximum Gasteiger partial charge on any atom is 0.329 e. The third-order valence-corrected chi connectivity index (χ3v) is 1.95. The summed E-state index contributed by atoms with van der Waals surface area (Å²) < 4.78 is 1.14. The maximum atomic E-state index is 9.27. The summed E-state index contributed by atoms with van der Waals surface area (Å²) in [5.74, 6) is 0.669. The highest BCUT2D eigenvalue weighted by molar-refractivity contribution is 5.96. The van der Waals surface area contributed by atoms with Crippen LogP contribution in [-0.4, -0.2) is 27.0 Å². The van der Waals surface area contributed by atoms with Gasteiger partial charge in [0.1, 0.15) is 0 Å². The van der Waals surface area contributed by atoms with Crippen molar-refractivity contribution in [1.29, 1.82) is 0 Å². The highest BCUT2D eigenvalue weighted by Crippen LogP contribution is 2.16. The van der Waals surface area contributed by atoms with Gasteiger partial charge in [-0.3, -0.25) is 0 Å². The van der Waals surface area contributed by atoms with Crippen molar-refractivity contribution in [2.24, 2.45) is 4.99 Å². The second kappa shape index (κ2) is 1.81. The molecule has 1 aliphatic rings. The number of rotatable bonds is 0. The Balaban J connectivity index is 3.12. The highest BCUT2D eigenvalue weighted by atomic mass is 16.5. The van der Waals surface area contributed by atoms with Crippen molar-refractivity contribution in [1.82, 2.24) is 0 Å². The molecule has 56 valence electrons. The minimum Gasteiger partial charge on any atom is -0.350 e. The number of amidine groups is 1. The van der Waals surface area contributed by atoms with E-state index in [1.54, 1.807) is 6.92 Å². The predicted molar refractivity (Wildman–Crippen MR) is 39.9 cm³/mol. The van der Waals surface area contributed by atoms with E-state index in [4.69, 9.17) is 0 Å². The van der Waals surface area contributed by atoms with Crippen LogP contribution in [0.25, 0.3) is 0 Å². The molecule has 3 nitrogen and oxygen atoms in total. The molecule has 3 heteroatoms. The van der Waals surface area contributed by atoms with Crippen LogP contribution in [0.15, 0.2) is 4.99 Å². The molecule has 0 amide bonds. The molecule has 0 unspecified atom stereocenters. The maximum absolute atomic E-state index is 9.27. The summed E-state index contributed by atoms with van der Waals surface area (Å²) in [6.07, 6.45) is 0. The average Bonchev–Trinajstić information content (AvgIpc) is 1.95. The van der Waals surface area contributed by atoms with Gasteiger partial charge in [0.2, 0.25) is 5.54 Å². The van der Waals surface area contributed by atoms with E-state index >= 15 is 0 Å². The van der Waals surface area contributed by atoms with Crippen molar-refractivity contribution in [3.05, 3.63) is 0 Å². The monoisotopic (exact) mass is 141 g/mol. The predicted octanol–water partition coefficient (Wildman–Crippen LogP) is 1.06. The Hall–Kier alpha value is -0.860. The van der Waals surface area contributed by atoms with Gasteiger partial charge in [-0.2, -0.15) is 0 Å². The van der Waals surface area contributed by atoms with E-state index in [0.29, 0.717) is 5.84 Å². The quantitative estimate of drug-likeness (QED) is 0.397. The number of aliphatic imine (C=N–C) groups is 1. The van der Waals surface area contributed by atoms with Crippen LogP contribution in [0, 0.1) is 0 Å². The molecule has 0 saturated carbocycles. The molecule has 0 spiro atoms. The van der Waals surface area contributed by atoms with Crippen molar-refractivity contribution in [2.45, 2.75) is 33.2 Å². The van der Waals surface area contributed by atoms with Gasteiger partial charge in [0, 0.05) is 13.8 Å². The zero-order valence-corrected chi connectivity index (χ0v) is 6.84. The number of hydrogen-bond acceptors (Lipinski definition) is 2. The van der Waals surface area contributed by atoms with Crippen molar-refractivity contribution in [3.63, 3.8) is 0 Å². The van der Waals surface area contributed by atoms with Crippen molar-refractivity contribution in [2.75, 3.05) is 0 Å². The molecule has 0 aromatic rings. The fourth-order valence-corrected chi connectivity index (χ4v) is 1.03. The van der Waals surface area contributed by atoms with Crippen molar-refractivity contribution < 1.29 is 9.95 Å². The Labute approximate surface area is 60.7 Å². The first kappa shape index (κ1) is 7.25. The van der Waals surface area contributed by atoms with E-state index in [1.807, 2.05) is 20.8 Å². The average molecular weight is 141 g/mol. The third-order valence-electron chi connectivity index (χ3n) is 1.95. The van der Waals surface area contributed by atoms with Crippen LogP contribution in [0.3, 0.4) is 0 Å². The zero-order valence-electron chi connectivity index (χ0n) is 6.84.